The number of aromatic amines is 1. The minimum Gasteiger partial charge on any atom is -0.406 e. The SMILES string of the molecule is O=C(N1CC(C23CC(c4cccc(OC(F)(F)F)c4)(C2)C3)C1)N1CC2(CC(c3n[nH]c(C4CC4)n3)C2)C1. The van der Waals surface area contributed by atoms with E-state index in [2.05, 4.69) is 14.9 Å². The first kappa shape index (κ1) is 22.2. The predicted octanol–water partition coefficient (Wildman–Crippen LogP) is 4.93. The largest absolute Gasteiger partial charge is 0.573 e. The van der Waals surface area contributed by atoms with E-state index in [9.17, 15) is 18.0 Å². The molecule has 2 amide bonds. The number of nitrogens with zero attached hydrogens (tertiary/aromatic N) is 4. The summed E-state index contributed by atoms with van der Waals surface area (Å²) in [5.74, 6) is 3.38. The van der Waals surface area contributed by atoms with E-state index in [-0.39, 0.29) is 28.0 Å². The van der Waals surface area contributed by atoms with Gasteiger partial charge in [-0.3, -0.25) is 5.10 Å². The predicted molar refractivity (Wildman–Crippen MR) is 126 cm³/mol. The lowest BCUT2D eigenvalue weighted by Gasteiger charge is -2.76. The number of hydrogen-bond donors (Lipinski definition) is 1. The first-order valence-corrected chi connectivity index (χ1v) is 13.5. The second-order valence-corrected chi connectivity index (χ2v) is 12.9. The van der Waals surface area contributed by atoms with Crippen molar-refractivity contribution < 1.29 is 22.7 Å². The van der Waals surface area contributed by atoms with Crippen molar-refractivity contribution in [2.45, 2.75) is 68.6 Å². The fraction of sp³-hybridized carbons (Fsp3) is 0.667. The standard InChI is InChI=1S/C27H30F3N5O2/c28-27(29,30)37-20-3-1-2-18(6-20)25-11-26(12-25,13-25)19-9-34(10-19)23(36)35-14-24(15-35)7-17(8-24)22-31-21(32-33-22)16-4-5-16/h1-3,6,16-17,19H,4-5,7-15H2,(H,31,32,33). The summed E-state index contributed by atoms with van der Waals surface area (Å²) in [5.41, 5.74) is 1.45. The van der Waals surface area contributed by atoms with Crippen LogP contribution in [-0.4, -0.2) is 63.6 Å². The number of alkyl halides is 3. The van der Waals surface area contributed by atoms with Crippen molar-refractivity contribution >= 4 is 6.03 Å². The Morgan fingerprint density at radius 2 is 1.78 bits per heavy atom. The number of aromatic nitrogens is 3. The molecule has 1 aromatic heterocycles. The monoisotopic (exact) mass is 513 g/mol. The van der Waals surface area contributed by atoms with Gasteiger partial charge in [-0.15, -0.1) is 13.2 Å². The number of carbonyl (C=O) groups excluding carboxylic acids is 1. The molecule has 5 aliphatic carbocycles. The second kappa shape index (κ2) is 6.99. The highest BCUT2D eigenvalue weighted by Crippen LogP contribution is 2.77. The summed E-state index contributed by atoms with van der Waals surface area (Å²) < 4.78 is 41.9. The van der Waals surface area contributed by atoms with E-state index < -0.39 is 6.36 Å². The number of halogens is 3. The molecule has 7 fully saturated rings. The molecule has 2 saturated heterocycles. The zero-order valence-corrected chi connectivity index (χ0v) is 20.6. The van der Waals surface area contributed by atoms with Gasteiger partial charge in [0.2, 0.25) is 0 Å². The first-order chi connectivity index (χ1) is 17.6. The van der Waals surface area contributed by atoms with Gasteiger partial charge in [-0.25, -0.2) is 9.78 Å². The molecule has 196 valence electrons. The molecular formula is C27H30F3N5O2. The van der Waals surface area contributed by atoms with Crippen LogP contribution in [0.2, 0.25) is 0 Å². The summed E-state index contributed by atoms with van der Waals surface area (Å²) in [6.45, 7) is 3.29. The molecule has 9 rings (SSSR count). The Bertz CT molecular complexity index is 1250. The molecule has 1 aromatic carbocycles. The summed E-state index contributed by atoms with van der Waals surface area (Å²) in [6.07, 6.45) is 2.90. The minimum atomic E-state index is -4.67. The van der Waals surface area contributed by atoms with E-state index in [1.54, 1.807) is 12.1 Å². The van der Waals surface area contributed by atoms with Crippen LogP contribution < -0.4 is 4.74 Å². The van der Waals surface area contributed by atoms with Crippen molar-refractivity contribution in [1.29, 1.82) is 0 Å². The van der Waals surface area contributed by atoms with Crippen LogP contribution in [0.3, 0.4) is 0 Å². The molecule has 7 nitrogen and oxygen atoms in total. The topological polar surface area (TPSA) is 74.3 Å². The number of H-pyrrole nitrogens is 1. The lowest BCUT2D eigenvalue weighted by atomic mass is 9.30. The number of nitrogens with one attached hydrogen (secondary N) is 1. The van der Waals surface area contributed by atoms with E-state index in [0.29, 0.717) is 17.8 Å². The number of likely N-dealkylation sites (tertiary alicyclic amines) is 2. The quantitative estimate of drug-likeness (QED) is 0.615. The van der Waals surface area contributed by atoms with Crippen molar-refractivity contribution in [2.75, 3.05) is 26.2 Å². The zero-order valence-electron chi connectivity index (χ0n) is 20.6. The molecule has 1 spiro atoms. The maximum absolute atomic E-state index is 13.0. The highest BCUT2D eigenvalue weighted by atomic mass is 19.4. The Balaban J connectivity index is 0.805. The number of ether oxygens (including phenoxy) is 1. The lowest BCUT2D eigenvalue weighted by molar-refractivity contribution is -0.274. The van der Waals surface area contributed by atoms with Crippen molar-refractivity contribution in [3.8, 4) is 5.75 Å². The van der Waals surface area contributed by atoms with Crippen LogP contribution in [0.15, 0.2) is 24.3 Å². The Morgan fingerprint density at radius 1 is 1.05 bits per heavy atom. The molecular weight excluding hydrogens is 483 g/mol. The smallest absolute Gasteiger partial charge is 0.406 e. The number of urea groups is 1. The van der Waals surface area contributed by atoms with E-state index in [0.717, 1.165) is 75.5 Å². The minimum absolute atomic E-state index is 0.0113. The second-order valence-electron chi connectivity index (χ2n) is 12.9. The normalized spacial score (nSPS) is 32.2. The third-order valence-electron chi connectivity index (χ3n) is 10.3. The van der Waals surface area contributed by atoms with Gasteiger partial charge in [-0.1, -0.05) is 12.1 Å². The molecule has 0 unspecified atom stereocenters. The Hall–Kier alpha value is -2.78. The van der Waals surface area contributed by atoms with Gasteiger partial charge in [0.1, 0.15) is 11.6 Å². The lowest BCUT2D eigenvalue weighted by Crippen LogP contribution is -2.74. The van der Waals surface area contributed by atoms with Crippen LogP contribution in [0.25, 0.3) is 0 Å². The molecule has 37 heavy (non-hydrogen) atoms. The molecule has 2 aliphatic heterocycles. The van der Waals surface area contributed by atoms with Crippen molar-refractivity contribution in [3.05, 3.63) is 41.5 Å². The van der Waals surface area contributed by atoms with Gasteiger partial charge < -0.3 is 14.5 Å². The summed E-state index contributed by atoms with van der Waals surface area (Å²) >= 11 is 0. The van der Waals surface area contributed by atoms with Crippen LogP contribution >= 0.6 is 0 Å². The van der Waals surface area contributed by atoms with Crippen LogP contribution in [0.1, 0.15) is 74.0 Å². The van der Waals surface area contributed by atoms with Crippen LogP contribution in [0, 0.1) is 16.7 Å². The summed E-state index contributed by atoms with van der Waals surface area (Å²) in [6, 6.07) is 6.63. The van der Waals surface area contributed by atoms with Crippen molar-refractivity contribution in [2.24, 2.45) is 16.7 Å². The molecule has 5 saturated carbocycles. The third kappa shape index (κ3) is 3.36. The molecule has 0 atom stereocenters. The van der Waals surface area contributed by atoms with E-state index in [1.807, 2.05) is 15.9 Å². The van der Waals surface area contributed by atoms with Crippen LogP contribution in [0.4, 0.5) is 18.0 Å². The van der Waals surface area contributed by atoms with Gasteiger partial charge in [0.05, 0.1) is 0 Å². The number of carbonyl (C=O) groups is 1. The molecule has 10 heteroatoms. The van der Waals surface area contributed by atoms with Crippen LogP contribution in [0.5, 0.6) is 5.75 Å². The third-order valence-corrected chi connectivity index (χ3v) is 10.3. The van der Waals surface area contributed by atoms with Gasteiger partial charge in [0, 0.05) is 43.4 Å². The van der Waals surface area contributed by atoms with Gasteiger partial charge >= 0.3 is 12.4 Å². The van der Waals surface area contributed by atoms with E-state index in [4.69, 9.17) is 4.98 Å². The Labute approximate surface area is 212 Å². The molecule has 2 aromatic rings. The Kier molecular flexibility index (Phi) is 4.20. The number of amides is 2. The van der Waals surface area contributed by atoms with Gasteiger partial charge in [0.25, 0.3) is 0 Å². The van der Waals surface area contributed by atoms with Crippen molar-refractivity contribution in [3.63, 3.8) is 0 Å². The summed E-state index contributed by atoms with van der Waals surface area (Å²) in [5, 5.41) is 7.55. The molecule has 3 heterocycles. The van der Waals surface area contributed by atoms with Gasteiger partial charge in [-0.2, -0.15) is 5.10 Å². The van der Waals surface area contributed by atoms with E-state index in [1.165, 1.54) is 18.9 Å². The number of benzene rings is 1. The molecule has 0 radical (unpaired) electrons. The average molecular weight is 514 g/mol. The zero-order chi connectivity index (χ0) is 25.2. The molecule has 1 N–H and O–H groups in total. The number of hydrogen-bond acceptors (Lipinski definition) is 4. The Morgan fingerprint density at radius 3 is 2.46 bits per heavy atom. The average Bonchev–Trinajstić information content (AvgIpc) is 3.42. The number of rotatable bonds is 5. The highest BCUT2D eigenvalue weighted by molar-refractivity contribution is 5.76. The molecule has 7 aliphatic rings. The van der Waals surface area contributed by atoms with E-state index >= 15 is 0 Å². The maximum Gasteiger partial charge on any atom is 0.573 e. The van der Waals surface area contributed by atoms with Crippen LogP contribution in [-0.2, 0) is 5.41 Å². The molecule has 2 bridgehead atoms. The van der Waals surface area contributed by atoms with Gasteiger partial charge in [0.15, 0.2) is 5.82 Å². The van der Waals surface area contributed by atoms with Crippen molar-refractivity contribution in [1.82, 2.24) is 25.0 Å². The first-order valence-electron chi connectivity index (χ1n) is 13.5. The fourth-order valence-corrected chi connectivity index (χ4v) is 8.19. The highest BCUT2D eigenvalue weighted by Gasteiger charge is 2.72. The fourth-order valence-electron chi connectivity index (χ4n) is 8.19. The maximum atomic E-state index is 13.0. The van der Waals surface area contributed by atoms with Gasteiger partial charge in [-0.05, 0) is 79.4 Å². The summed E-state index contributed by atoms with van der Waals surface area (Å²) in [7, 11) is 0. The summed E-state index contributed by atoms with van der Waals surface area (Å²) in [4.78, 5) is 21.7.